The van der Waals surface area contributed by atoms with Gasteiger partial charge in [-0.1, -0.05) is 0 Å². The van der Waals surface area contributed by atoms with Gasteiger partial charge in [0.25, 0.3) is 5.92 Å². The maximum atomic E-state index is 14.8. The lowest BCUT2D eigenvalue weighted by atomic mass is 9.93. The normalized spacial score (nSPS) is 33.3. The van der Waals surface area contributed by atoms with E-state index in [4.69, 9.17) is 0 Å². The fourth-order valence-electron chi connectivity index (χ4n) is 4.84. The van der Waals surface area contributed by atoms with Crippen molar-refractivity contribution in [2.24, 2.45) is 5.92 Å². The summed E-state index contributed by atoms with van der Waals surface area (Å²) >= 11 is 0. The molecule has 2 fully saturated rings. The first kappa shape index (κ1) is 12.0. The zero-order chi connectivity index (χ0) is 14.4. The average Bonchev–Trinajstić information content (AvgIpc) is 3.06. The van der Waals surface area contributed by atoms with Crippen LogP contribution in [0.15, 0.2) is 18.2 Å². The smallest absolute Gasteiger partial charge is 0.287 e. The number of phenols is 1. The van der Waals surface area contributed by atoms with Gasteiger partial charge in [0.15, 0.2) is 0 Å². The van der Waals surface area contributed by atoms with Gasteiger partial charge in [0.2, 0.25) is 0 Å². The summed E-state index contributed by atoms with van der Waals surface area (Å²) in [6.07, 6.45) is 2.05. The van der Waals surface area contributed by atoms with Crippen LogP contribution >= 0.6 is 0 Å². The number of nitrogens with zero attached hydrogens (tertiary/aromatic N) is 1. The molecule has 5 heteroatoms. The SMILES string of the molecule is Oc1ccc2[nH]c3c(c2c1)C(F)(F)CN1CC2CC3C1C2. The van der Waals surface area contributed by atoms with Gasteiger partial charge in [0.05, 0.1) is 12.1 Å². The average molecular weight is 290 g/mol. The van der Waals surface area contributed by atoms with Crippen LogP contribution in [0.1, 0.15) is 30.0 Å². The van der Waals surface area contributed by atoms with Gasteiger partial charge in [-0.2, -0.15) is 8.78 Å². The third kappa shape index (κ3) is 1.45. The Morgan fingerprint density at radius 3 is 2.95 bits per heavy atom. The lowest BCUT2D eigenvalue weighted by Crippen LogP contribution is -2.40. The molecule has 1 aromatic heterocycles. The van der Waals surface area contributed by atoms with Crippen LogP contribution in [0, 0.1) is 5.92 Å². The van der Waals surface area contributed by atoms with E-state index in [-0.39, 0.29) is 29.8 Å². The van der Waals surface area contributed by atoms with Crippen LogP contribution in [-0.4, -0.2) is 34.1 Å². The molecule has 21 heavy (non-hydrogen) atoms. The first-order chi connectivity index (χ1) is 10.0. The fourth-order valence-corrected chi connectivity index (χ4v) is 4.84. The molecule has 3 atom stereocenters. The number of fused-ring (bicyclic) bond motifs is 5. The van der Waals surface area contributed by atoms with E-state index in [1.807, 2.05) is 4.90 Å². The Hall–Kier alpha value is -1.62. The summed E-state index contributed by atoms with van der Waals surface area (Å²) in [5.41, 5.74) is 1.53. The molecule has 2 aromatic rings. The summed E-state index contributed by atoms with van der Waals surface area (Å²) in [5, 5.41) is 10.1. The third-order valence-electron chi connectivity index (χ3n) is 5.54. The lowest BCUT2D eigenvalue weighted by Gasteiger charge is -2.31. The Morgan fingerprint density at radius 2 is 2.14 bits per heavy atom. The highest BCUT2D eigenvalue weighted by atomic mass is 19.3. The second-order valence-corrected chi connectivity index (χ2v) is 6.79. The van der Waals surface area contributed by atoms with Crippen molar-refractivity contribution in [3.63, 3.8) is 0 Å². The number of hydrogen-bond donors (Lipinski definition) is 2. The maximum absolute atomic E-state index is 14.8. The van der Waals surface area contributed by atoms with Gasteiger partial charge >= 0.3 is 0 Å². The van der Waals surface area contributed by atoms with Crippen molar-refractivity contribution in [2.75, 3.05) is 13.1 Å². The maximum Gasteiger partial charge on any atom is 0.287 e. The Kier molecular flexibility index (Phi) is 2.04. The highest BCUT2D eigenvalue weighted by molar-refractivity contribution is 5.87. The van der Waals surface area contributed by atoms with Gasteiger partial charge < -0.3 is 10.1 Å². The number of aromatic amines is 1. The largest absolute Gasteiger partial charge is 0.508 e. The van der Waals surface area contributed by atoms with Crippen LogP contribution in [0.25, 0.3) is 10.9 Å². The molecule has 3 nitrogen and oxygen atoms in total. The van der Waals surface area contributed by atoms with Crippen LogP contribution in [0.3, 0.4) is 0 Å². The number of aromatic nitrogens is 1. The summed E-state index contributed by atoms with van der Waals surface area (Å²) < 4.78 is 29.7. The number of benzene rings is 1. The van der Waals surface area contributed by atoms with Crippen LogP contribution in [0.2, 0.25) is 0 Å². The molecule has 1 aromatic carbocycles. The molecule has 110 valence electrons. The summed E-state index contributed by atoms with van der Waals surface area (Å²) in [7, 11) is 0. The Bertz CT molecular complexity index is 754. The predicted molar refractivity (Wildman–Crippen MR) is 74.7 cm³/mol. The van der Waals surface area contributed by atoms with Crippen LogP contribution in [-0.2, 0) is 5.92 Å². The van der Waals surface area contributed by atoms with Gasteiger partial charge in [0.1, 0.15) is 5.75 Å². The number of piperidine rings is 1. The van der Waals surface area contributed by atoms with Crippen molar-refractivity contribution in [3.8, 4) is 5.75 Å². The molecule has 2 aliphatic heterocycles. The standard InChI is InChI=1S/C16H16F2N2O/c17-16(18)7-20-6-8-3-11(13(20)4-8)15-14(16)10-5-9(21)1-2-12(10)19-15/h1-2,5,8,11,13,19,21H,3-4,6-7H2. The van der Waals surface area contributed by atoms with Crippen molar-refractivity contribution in [1.29, 1.82) is 0 Å². The van der Waals surface area contributed by atoms with Crippen LogP contribution in [0.5, 0.6) is 5.75 Å². The number of halogens is 2. The minimum absolute atomic E-state index is 0.0388. The molecular formula is C16H16F2N2O. The number of hydrogen-bond acceptors (Lipinski definition) is 2. The van der Waals surface area contributed by atoms with E-state index >= 15 is 0 Å². The van der Waals surface area contributed by atoms with E-state index in [1.165, 1.54) is 6.07 Å². The molecule has 0 radical (unpaired) electrons. The lowest BCUT2D eigenvalue weighted by molar-refractivity contribution is -0.0380. The molecule has 3 aliphatic rings. The van der Waals surface area contributed by atoms with Gasteiger partial charge in [-0.05, 0) is 37.0 Å². The van der Waals surface area contributed by atoms with Crippen molar-refractivity contribution in [3.05, 3.63) is 29.5 Å². The molecule has 1 saturated carbocycles. The number of alkyl halides is 2. The summed E-state index contributed by atoms with van der Waals surface area (Å²) in [6, 6.07) is 4.96. The zero-order valence-corrected chi connectivity index (χ0v) is 11.4. The topological polar surface area (TPSA) is 39.3 Å². The zero-order valence-electron chi connectivity index (χ0n) is 11.4. The molecule has 3 unspecified atom stereocenters. The molecule has 2 bridgehead atoms. The van der Waals surface area contributed by atoms with Crippen molar-refractivity contribution in [1.82, 2.24) is 9.88 Å². The molecular weight excluding hydrogens is 274 g/mol. The predicted octanol–water partition coefficient (Wildman–Crippen LogP) is 3.16. The Balaban J connectivity index is 1.82. The van der Waals surface area contributed by atoms with Gasteiger partial charge in [-0.15, -0.1) is 0 Å². The fraction of sp³-hybridized carbons (Fsp3) is 0.500. The van der Waals surface area contributed by atoms with E-state index < -0.39 is 5.92 Å². The Labute approximate surface area is 120 Å². The Morgan fingerprint density at radius 1 is 1.29 bits per heavy atom. The van der Waals surface area contributed by atoms with E-state index in [2.05, 4.69) is 4.98 Å². The summed E-state index contributed by atoms with van der Waals surface area (Å²) in [5.74, 6) is -2.09. The van der Waals surface area contributed by atoms with E-state index in [9.17, 15) is 13.9 Å². The number of rotatable bonds is 0. The summed E-state index contributed by atoms with van der Waals surface area (Å²) in [6.45, 7) is 0.616. The third-order valence-corrected chi connectivity index (χ3v) is 5.54. The first-order valence-electron chi connectivity index (χ1n) is 7.50. The van der Waals surface area contributed by atoms with Crippen molar-refractivity contribution >= 4 is 10.9 Å². The molecule has 1 saturated heterocycles. The molecule has 2 N–H and O–H groups in total. The molecule has 5 rings (SSSR count). The van der Waals surface area contributed by atoms with Gasteiger partial charge in [-0.3, -0.25) is 4.90 Å². The monoisotopic (exact) mass is 290 g/mol. The number of nitrogens with one attached hydrogen (secondary N) is 1. The van der Waals surface area contributed by atoms with Crippen LogP contribution < -0.4 is 0 Å². The van der Waals surface area contributed by atoms with E-state index in [0.29, 0.717) is 22.5 Å². The number of phenolic OH excluding ortho intramolecular Hbond substituents is 1. The molecule has 3 heterocycles. The van der Waals surface area contributed by atoms with E-state index in [0.717, 1.165) is 19.4 Å². The number of aromatic hydroxyl groups is 1. The number of H-pyrrole nitrogens is 1. The van der Waals surface area contributed by atoms with Gasteiger partial charge in [0, 0.05) is 35.1 Å². The van der Waals surface area contributed by atoms with Gasteiger partial charge in [-0.25, -0.2) is 0 Å². The first-order valence-corrected chi connectivity index (χ1v) is 7.50. The van der Waals surface area contributed by atoms with Crippen molar-refractivity contribution in [2.45, 2.75) is 30.7 Å². The highest BCUT2D eigenvalue weighted by Crippen LogP contribution is 2.54. The molecule has 0 spiro atoms. The highest BCUT2D eigenvalue weighted by Gasteiger charge is 2.54. The van der Waals surface area contributed by atoms with Crippen LogP contribution in [0.4, 0.5) is 8.78 Å². The second-order valence-electron chi connectivity index (χ2n) is 6.79. The molecule has 1 aliphatic carbocycles. The second kappa shape index (κ2) is 3.58. The van der Waals surface area contributed by atoms with Crippen molar-refractivity contribution < 1.29 is 13.9 Å². The van der Waals surface area contributed by atoms with E-state index in [1.54, 1.807) is 12.1 Å². The minimum Gasteiger partial charge on any atom is -0.508 e. The quantitative estimate of drug-likeness (QED) is 0.782. The summed E-state index contributed by atoms with van der Waals surface area (Å²) in [4.78, 5) is 5.21. The molecule has 0 amide bonds. The minimum atomic E-state index is -2.87.